The Bertz CT molecular complexity index is 478. The van der Waals surface area contributed by atoms with Crippen LogP contribution in [0.1, 0.15) is 44.2 Å². The van der Waals surface area contributed by atoms with Crippen LogP contribution in [-0.4, -0.2) is 22.5 Å². The molecule has 1 amide bonds. The summed E-state index contributed by atoms with van der Waals surface area (Å²) in [6, 6.07) is 7.90. The number of amides is 1. The number of aliphatic carboxylic acids is 1. The van der Waals surface area contributed by atoms with Gasteiger partial charge in [-0.3, -0.25) is 4.79 Å². The minimum absolute atomic E-state index is 0.209. The van der Waals surface area contributed by atoms with Gasteiger partial charge < -0.3 is 10.4 Å². The van der Waals surface area contributed by atoms with Gasteiger partial charge in [0.2, 0.25) is 5.91 Å². The van der Waals surface area contributed by atoms with Gasteiger partial charge in [-0.05, 0) is 37.3 Å². The number of aryl methyl sites for hydroxylation is 2. The number of hydrogen-bond acceptors (Lipinski definition) is 2. The summed E-state index contributed by atoms with van der Waals surface area (Å²) in [5.74, 6) is -1.17. The third-order valence-corrected chi connectivity index (χ3v) is 3.88. The van der Waals surface area contributed by atoms with E-state index in [9.17, 15) is 14.7 Å². The number of carboxylic acid groups (broad SMARTS) is 1. The zero-order chi connectivity index (χ0) is 15.2. The van der Waals surface area contributed by atoms with E-state index in [-0.39, 0.29) is 5.91 Å². The van der Waals surface area contributed by atoms with Crippen molar-refractivity contribution in [3.8, 4) is 0 Å². The molecule has 1 aromatic carbocycles. The lowest BCUT2D eigenvalue weighted by Gasteiger charge is -2.28. The van der Waals surface area contributed by atoms with Gasteiger partial charge in [-0.2, -0.15) is 0 Å². The standard InChI is InChI=1S/C16H23NO3/c1-4-16(5-2,15(19)20)17-14(18)11-10-13-9-7-6-8-12(13)3/h6-9H,4-5,10-11H2,1-3H3,(H,17,18)(H,19,20). The first-order chi connectivity index (χ1) is 9.45. The Hall–Kier alpha value is -1.84. The maximum absolute atomic E-state index is 12.0. The third kappa shape index (κ3) is 3.83. The van der Waals surface area contributed by atoms with Crippen molar-refractivity contribution in [2.45, 2.75) is 52.0 Å². The Balaban J connectivity index is 2.64. The monoisotopic (exact) mass is 277 g/mol. The molecule has 0 radical (unpaired) electrons. The molecule has 0 heterocycles. The van der Waals surface area contributed by atoms with Crippen molar-refractivity contribution in [2.75, 3.05) is 0 Å². The summed E-state index contributed by atoms with van der Waals surface area (Å²) in [5, 5.41) is 12.0. The Kier molecular flexibility index (Phi) is 5.74. The fraction of sp³-hybridized carbons (Fsp3) is 0.500. The number of nitrogens with one attached hydrogen (secondary N) is 1. The molecule has 0 atom stereocenters. The average molecular weight is 277 g/mol. The number of carbonyl (C=O) groups excluding carboxylic acids is 1. The molecule has 0 unspecified atom stereocenters. The highest BCUT2D eigenvalue weighted by atomic mass is 16.4. The lowest BCUT2D eigenvalue weighted by molar-refractivity contribution is -0.148. The molecule has 4 heteroatoms. The second kappa shape index (κ2) is 7.08. The second-order valence-corrected chi connectivity index (χ2v) is 5.07. The molecule has 4 nitrogen and oxygen atoms in total. The van der Waals surface area contributed by atoms with Gasteiger partial charge in [0, 0.05) is 6.42 Å². The Morgan fingerprint density at radius 2 is 1.80 bits per heavy atom. The van der Waals surface area contributed by atoms with E-state index in [1.165, 1.54) is 0 Å². The van der Waals surface area contributed by atoms with Crippen LogP contribution in [0.3, 0.4) is 0 Å². The average Bonchev–Trinajstić information content (AvgIpc) is 2.43. The van der Waals surface area contributed by atoms with Gasteiger partial charge in [0.05, 0.1) is 0 Å². The van der Waals surface area contributed by atoms with Gasteiger partial charge >= 0.3 is 5.97 Å². The van der Waals surface area contributed by atoms with Gasteiger partial charge in [0.25, 0.3) is 0 Å². The van der Waals surface area contributed by atoms with Gasteiger partial charge in [0.1, 0.15) is 5.54 Å². The first-order valence-electron chi connectivity index (χ1n) is 7.04. The minimum Gasteiger partial charge on any atom is -0.480 e. The summed E-state index contributed by atoms with van der Waals surface area (Å²) < 4.78 is 0. The zero-order valence-electron chi connectivity index (χ0n) is 12.4. The van der Waals surface area contributed by atoms with E-state index in [2.05, 4.69) is 5.32 Å². The number of rotatable bonds is 7. The molecule has 0 spiro atoms. The largest absolute Gasteiger partial charge is 0.480 e. The molecule has 1 aromatic rings. The quantitative estimate of drug-likeness (QED) is 0.805. The molecule has 0 aliphatic heterocycles. The van der Waals surface area contributed by atoms with Crippen molar-refractivity contribution in [3.05, 3.63) is 35.4 Å². The molecule has 110 valence electrons. The van der Waals surface area contributed by atoms with E-state index in [0.717, 1.165) is 11.1 Å². The van der Waals surface area contributed by atoms with Gasteiger partial charge in [0.15, 0.2) is 0 Å². The lowest BCUT2D eigenvalue weighted by atomic mass is 9.92. The molecule has 20 heavy (non-hydrogen) atoms. The van der Waals surface area contributed by atoms with Crippen LogP contribution in [0.15, 0.2) is 24.3 Å². The molecule has 1 rings (SSSR count). The van der Waals surface area contributed by atoms with Crippen molar-refractivity contribution < 1.29 is 14.7 Å². The van der Waals surface area contributed by atoms with E-state index in [0.29, 0.717) is 25.7 Å². The summed E-state index contributed by atoms with van der Waals surface area (Å²) in [4.78, 5) is 23.3. The fourth-order valence-electron chi connectivity index (χ4n) is 2.25. The normalized spacial score (nSPS) is 11.2. The zero-order valence-corrected chi connectivity index (χ0v) is 12.4. The number of benzene rings is 1. The Labute approximate surface area is 120 Å². The number of carbonyl (C=O) groups is 2. The molecule has 0 aromatic heterocycles. The first-order valence-corrected chi connectivity index (χ1v) is 7.04. The van der Waals surface area contributed by atoms with Crippen molar-refractivity contribution in [1.29, 1.82) is 0 Å². The minimum atomic E-state index is -1.14. The van der Waals surface area contributed by atoms with Crippen LogP contribution in [0, 0.1) is 6.92 Å². The summed E-state index contributed by atoms with van der Waals surface area (Å²) in [6.07, 6.45) is 1.70. The number of carboxylic acids is 1. The van der Waals surface area contributed by atoms with Crippen LogP contribution in [0.5, 0.6) is 0 Å². The molecule has 2 N–H and O–H groups in total. The summed E-state index contributed by atoms with van der Waals surface area (Å²) in [7, 11) is 0. The van der Waals surface area contributed by atoms with Gasteiger partial charge in [-0.1, -0.05) is 38.1 Å². The molecule has 0 bridgehead atoms. The van der Waals surface area contributed by atoms with E-state index in [4.69, 9.17) is 0 Å². The topological polar surface area (TPSA) is 66.4 Å². The van der Waals surface area contributed by atoms with E-state index in [1.54, 1.807) is 13.8 Å². The van der Waals surface area contributed by atoms with Crippen LogP contribution >= 0.6 is 0 Å². The lowest BCUT2D eigenvalue weighted by Crippen LogP contribution is -2.53. The first kappa shape index (κ1) is 16.2. The van der Waals surface area contributed by atoms with Crippen LogP contribution in [0.2, 0.25) is 0 Å². The Morgan fingerprint density at radius 1 is 1.20 bits per heavy atom. The third-order valence-electron chi connectivity index (χ3n) is 3.88. The van der Waals surface area contributed by atoms with Crippen LogP contribution in [0.4, 0.5) is 0 Å². The fourth-order valence-corrected chi connectivity index (χ4v) is 2.25. The highest BCUT2D eigenvalue weighted by molar-refractivity contribution is 5.87. The second-order valence-electron chi connectivity index (χ2n) is 5.07. The molecule has 0 aliphatic carbocycles. The van der Waals surface area contributed by atoms with Gasteiger partial charge in [-0.25, -0.2) is 4.79 Å². The van der Waals surface area contributed by atoms with Crippen LogP contribution < -0.4 is 5.32 Å². The van der Waals surface area contributed by atoms with Crippen LogP contribution in [0.25, 0.3) is 0 Å². The van der Waals surface area contributed by atoms with E-state index in [1.807, 2.05) is 31.2 Å². The Morgan fingerprint density at radius 3 is 2.30 bits per heavy atom. The molecular weight excluding hydrogens is 254 g/mol. The van der Waals surface area contributed by atoms with Crippen molar-refractivity contribution >= 4 is 11.9 Å². The van der Waals surface area contributed by atoms with Crippen LogP contribution in [-0.2, 0) is 16.0 Å². The van der Waals surface area contributed by atoms with Crippen molar-refractivity contribution in [3.63, 3.8) is 0 Å². The highest BCUT2D eigenvalue weighted by Crippen LogP contribution is 2.16. The van der Waals surface area contributed by atoms with E-state index < -0.39 is 11.5 Å². The molecule has 0 saturated carbocycles. The van der Waals surface area contributed by atoms with Crippen molar-refractivity contribution in [2.24, 2.45) is 0 Å². The summed E-state index contributed by atoms with van der Waals surface area (Å²) >= 11 is 0. The maximum Gasteiger partial charge on any atom is 0.329 e. The summed E-state index contributed by atoms with van der Waals surface area (Å²) in [6.45, 7) is 5.56. The number of hydrogen-bond donors (Lipinski definition) is 2. The molecule has 0 saturated heterocycles. The van der Waals surface area contributed by atoms with Crippen molar-refractivity contribution in [1.82, 2.24) is 5.32 Å². The molecule has 0 aliphatic rings. The predicted molar refractivity (Wildman–Crippen MR) is 78.6 cm³/mol. The van der Waals surface area contributed by atoms with Gasteiger partial charge in [-0.15, -0.1) is 0 Å². The summed E-state index contributed by atoms with van der Waals surface area (Å²) in [5.41, 5.74) is 1.13. The SMILES string of the molecule is CCC(CC)(NC(=O)CCc1ccccc1C)C(=O)O. The molecule has 0 fully saturated rings. The maximum atomic E-state index is 12.0. The predicted octanol–water partition coefficient (Wildman–Crippen LogP) is 2.69. The molecular formula is C16H23NO3. The smallest absolute Gasteiger partial charge is 0.329 e. The van der Waals surface area contributed by atoms with E-state index >= 15 is 0 Å². The highest BCUT2D eigenvalue weighted by Gasteiger charge is 2.36.